The standard InChI is InChI=1S/C23H32N4O3.HI/c1-4-29-22-18(10-8-14-25-22)16-27-23(24-2)26-15-17-9-7-13-20(28-3)21(17)30-19-11-5-6-12-19;/h7-10,13-14,19H,4-6,11-12,15-16H2,1-3H3,(H2,24,26,27);1H. The molecule has 0 unspecified atom stereocenters. The number of aliphatic imine (C=N–C) groups is 1. The summed E-state index contributed by atoms with van der Waals surface area (Å²) < 4.78 is 17.5. The van der Waals surface area contributed by atoms with Crippen LogP contribution in [0.4, 0.5) is 0 Å². The lowest BCUT2D eigenvalue weighted by atomic mass is 10.1. The van der Waals surface area contributed by atoms with Gasteiger partial charge in [-0.2, -0.15) is 0 Å². The normalized spacial score (nSPS) is 14.0. The number of methoxy groups -OCH3 is 1. The summed E-state index contributed by atoms with van der Waals surface area (Å²) in [6.07, 6.45) is 6.64. The second-order valence-corrected chi connectivity index (χ2v) is 7.15. The van der Waals surface area contributed by atoms with Crippen LogP contribution in [0.3, 0.4) is 0 Å². The molecule has 7 nitrogen and oxygen atoms in total. The molecule has 1 fully saturated rings. The van der Waals surface area contributed by atoms with Crippen molar-refractivity contribution in [2.45, 2.75) is 51.8 Å². The van der Waals surface area contributed by atoms with Crippen molar-refractivity contribution in [3.63, 3.8) is 0 Å². The van der Waals surface area contributed by atoms with Crippen molar-refractivity contribution < 1.29 is 14.2 Å². The molecule has 170 valence electrons. The van der Waals surface area contributed by atoms with Gasteiger partial charge in [-0.05, 0) is 44.7 Å². The number of nitrogens with zero attached hydrogens (tertiary/aromatic N) is 2. The maximum Gasteiger partial charge on any atom is 0.218 e. The van der Waals surface area contributed by atoms with Crippen molar-refractivity contribution in [2.75, 3.05) is 20.8 Å². The van der Waals surface area contributed by atoms with Crippen LogP contribution in [0, 0.1) is 0 Å². The van der Waals surface area contributed by atoms with Crippen molar-refractivity contribution in [2.24, 2.45) is 4.99 Å². The zero-order valence-electron chi connectivity index (χ0n) is 18.5. The number of rotatable bonds is 9. The summed E-state index contributed by atoms with van der Waals surface area (Å²) in [4.78, 5) is 8.62. The number of benzene rings is 1. The molecule has 31 heavy (non-hydrogen) atoms. The number of para-hydroxylation sites is 1. The van der Waals surface area contributed by atoms with E-state index in [9.17, 15) is 0 Å². The lowest BCUT2D eigenvalue weighted by Crippen LogP contribution is -2.36. The molecule has 1 aliphatic carbocycles. The zero-order valence-corrected chi connectivity index (χ0v) is 20.8. The molecule has 2 N–H and O–H groups in total. The number of hydrogen-bond acceptors (Lipinski definition) is 5. The molecule has 1 aromatic carbocycles. The molecule has 1 aromatic heterocycles. The third-order valence-corrected chi connectivity index (χ3v) is 5.11. The van der Waals surface area contributed by atoms with Crippen LogP contribution in [0.1, 0.15) is 43.7 Å². The molecule has 1 heterocycles. The third-order valence-electron chi connectivity index (χ3n) is 5.11. The van der Waals surface area contributed by atoms with Crippen LogP contribution in [0.25, 0.3) is 0 Å². The van der Waals surface area contributed by atoms with Crippen LogP contribution in [-0.2, 0) is 13.1 Å². The summed E-state index contributed by atoms with van der Waals surface area (Å²) in [7, 11) is 3.43. The Labute approximate surface area is 202 Å². The van der Waals surface area contributed by atoms with Crippen molar-refractivity contribution in [3.05, 3.63) is 47.7 Å². The van der Waals surface area contributed by atoms with E-state index in [0.29, 0.717) is 31.5 Å². The fourth-order valence-electron chi connectivity index (χ4n) is 3.57. The predicted octanol–water partition coefficient (Wildman–Crippen LogP) is 4.29. The highest BCUT2D eigenvalue weighted by molar-refractivity contribution is 14.0. The SMILES string of the molecule is CCOc1ncccc1CNC(=NC)NCc1cccc(OC)c1OC1CCCC1.I. The molecule has 0 spiro atoms. The number of hydrogen-bond donors (Lipinski definition) is 2. The third kappa shape index (κ3) is 7.15. The summed E-state index contributed by atoms with van der Waals surface area (Å²) in [5, 5.41) is 6.69. The van der Waals surface area contributed by atoms with Gasteiger partial charge in [0.2, 0.25) is 5.88 Å². The fraction of sp³-hybridized carbons (Fsp3) is 0.478. The molecule has 1 saturated carbocycles. The minimum atomic E-state index is 0. The Hall–Kier alpha value is -2.23. The zero-order chi connectivity index (χ0) is 21.2. The number of halogens is 1. The molecule has 8 heteroatoms. The molecule has 0 radical (unpaired) electrons. The van der Waals surface area contributed by atoms with Gasteiger partial charge in [-0.25, -0.2) is 4.98 Å². The van der Waals surface area contributed by atoms with E-state index in [2.05, 4.69) is 26.7 Å². The van der Waals surface area contributed by atoms with Crippen molar-refractivity contribution >= 4 is 29.9 Å². The Kier molecular flexibility index (Phi) is 10.7. The van der Waals surface area contributed by atoms with Crippen LogP contribution in [-0.4, -0.2) is 37.8 Å². The first-order chi connectivity index (χ1) is 14.7. The highest BCUT2D eigenvalue weighted by Gasteiger charge is 2.20. The monoisotopic (exact) mass is 540 g/mol. The quantitative estimate of drug-likeness (QED) is 0.281. The highest BCUT2D eigenvalue weighted by atomic mass is 127. The first-order valence-corrected chi connectivity index (χ1v) is 10.6. The molecule has 2 aromatic rings. The summed E-state index contributed by atoms with van der Waals surface area (Å²) >= 11 is 0. The number of nitrogens with one attached hydrogen (secondary N) is 2. The van der Waals surface area contributed by atoms with E-state index in [-0.39, 0.29) is 30.1 Å². The Morgan fingerprint density at radius 3 is 2.48 bits per heavy atom. The highest BCUT2D eigenvalue weighted by Crippen LogP contribution is 2.34. The van der Waals surface area contributed by atoms with Crippen LogP contribution in [0.5, 0.6) is 17.4 Å². The van der Waals surface area contributed by atoms with Gasteiger partial charge in [-0.15, -0.1) is 24.0 Å². The number of aromatic nitrogens is 1. The minimum Gasteiger partial charge on any atom is -0.493 e. The summed E-state index contributed by atoms with van der Waals surface area (Å²) in [6.45, 7) is 3.67. The average molecular weight is 540 g/mol. The van der Waals surface area contributed by atoms with Gasteiger partial charge >= 0.3 is 0 Å². The van der Waals surface area contributed by atoms with Crippen molar-refractivity contribution in [1.82, 2.24) is 15.6 Å². The second-order valence-electron chi connectivity index (χ2n) is 7.15. The van der Waals surface area contributed by atoms with Gasteiger partial charge in [0.15, 0.2) is 17.5 Å². The maximum atomic E-state index is 6.32. The van der Waals surface area contributed by atoms with E-state index in [1.807, 2.05) is 31.2 Å². The van der Waals surface area contributed by atoms with E-state index in [1.165, 1.54) is 12.8 Å². The Balaban J connectivity index is 0.00000341. The lowest BCUT2D eigenvalue weighted by molar-refractivity contribution is 0.198. The maximum absolute atomic E-state index is 6.32. The van der Waals surface area contributed by atoms with E-state index in [0.717, 1.165) is 35.5 Å². The van der Waals surface area contributed by atoms with E-state index < -0.39 is 0 Å². The van der Waals surface area contributed by atoms with Gasteiger partial charge in [0, 0.05) is 37.5 Å². The number of ether oxygens (including phenoxy) is 3. The topological polar surface area (TPSA) is 77.0 Å². The van der Waals surface area contributed by atoms with Crippen LogP contribution in [0.2, 0.25) is 0 Å². The van der Waals surface area contributed by atoms with Gasteiger partial charge in [0.25, 0.3) is 0 Å². The Morgan fingerprint density at radius 1 is 1.10 bits per heavy atom. The second kappa shape index (κ2) is 13.2. The van der Waals surface area contributed by atoms with Gasteiger partial charge in [-0.1, -0.05) is 18.2 Å². The lowest BCUT2D eigenvalue weighted by Gasteiger charge is -2.20. The largest absolute Gasteiger partial charge is 0.493 e. The van der Waals surface area contributed by atoms with Gasteiger partial charge < -0.3 is 24.8 Å². The fourth-order valence-corrected chi connectivity index (χ4v) is 3.57. The Morgan fingerprint density at radius 2 is 1.81 bits per heavy atom. The average Bonchev–Trinajstić information content (AvgIpc) is 3.29. The van der Waals surface area contributed by atoms with Gasteiger partial charge in [0.05, 0.1) is 19.8 Å². The van der Waals surface area contributed by atoms with Gasteiger partial charge in [-0.3, -0.25) is 4.99 Å². The van der Waals surface area contributed by atoms with E-state index in [4.69, 9.17) is 14.2 Å². The Bertz CT molecular complexity index is 841. The molecular weight excluding hydrogens is 507 g/mol. The molecule has 0 aliphatic heterocycles. The van der Waals surface area contributed by atoms with E-state index >= 15 is 0 Å². The number of guanidine groups is 1. The molecule has 1 aliphatic rings. The predicted molar refractivity (Wildman–Crippen MR) is 134 cm³/mol. The first-order valence-electron chi connectivity index (χ1n) is 10.6. The number of pyridine rings is 1. The summed E-state index contributed by atoms with van der Waals surface area (Å²) in [6, 6.07) is 9.88. The molecular formula is C23H33IN4O3. The van der Waals surface area contributed by atoms with E-state index in [1.54, 1.807) is 20.4 Å². The van der Waals surface area contributed by atoms with Crippen LogP contribution < -0.4 is 24.8 Å². The smallest absolute Gasteiger partial charge is 0.218 e. The van der Waals surface area contributed by atoms with Gasteiger partial charge in [0.1, 0.15) is 0 Å². The first kappa shape index (κ1) is 25.0. The molecule has 0 saturated heterocycles. The molecule has 0 atom stereocenters. The minimum absolute atomic E-state index is 0. The van der Waals surface area contributed by atoms with Crippen LogP contribution in [0.15, 0.2) is 41.5 Å². The summed E-state index contributed by atoms with van der Waals surface area (Å²) in [5.41, 5.74) is 2.02. The summed E-state index contributed by atoms with van der Waals surface area (Å²) in [5.74, 6) is 2.92. The molecule has 0 bridgehead atoms. The van der Waals surface area contributed by atoms with Crippen molar-refractivity contribution in [3.8, 4) is 17.4 Å². The van der Waals surface area contributed by atoms with Crippen molar-refractivity contribution in [1.29, 1.82) is 0 Å². The molecule has 0 amide bonds. The molecule has 3 rings (SSSR count). The van der Waals surface area contributed by atoms with Crippen LogP contribution >= 0.6 is 24.0 Å².